The molecule has 1 atom stereocenters. The lowest BCUT2D eigenvalue weighted by molar-refractivity contribution is -0.192. The van der Waals surface area contributed by atoms with Crippen LogP contribution in [0.1, 0.15) is 21.6 Å². The van der Waals surface area contributed by atoms with Crippen LogP contribution in [-0.4, -0.2) is 51.9 Å². The van der Waals surface area contributed by atoms with Gasteiger partial charge >= 0.3 is 12.1 Å². The fourth-order valence-electron chi connectivity index (χ4n) is 4.42. The maximum Gasteiger partial charge on any atom is 0.490 e. The summed E-state index contributed by atoms with van der Waals surface area (Å²) in [5.41, 5.74) is 4.37. The molecule has 0 amide bonds. The highest BCUT2D eigenvalue weighted by Crippen LogP contribution is 2.52. The molecule has 1 aromatic rings. The smallest absolute Gasteiger partial charge is 0.475 e. The Morgan fingerprint density at radius 3 is 2.65 bits per heavy atom. The van der Waals surface area contributed by atoms with E-state index in [4.69, 9.17) is 14.9 Å². The minimum Gasteiger partial charge on any atom is -0.475 e. The first-order valence-corrected chi connectivity index (χ1v) is 11.9. The van der Waals surface area contributed by atoms with E-state index in [9.17, 15) is 22.8 Å². The topological polar surface area (TPSA) is 101 Å². The first-order chi connectivity index (χ1) is 15.9. The molecule has 34 heavy (non-hydrogen) atoms. The lowest BCUT2D eigenvalue weighted by atomic mass is 9.68. The molecule has 0 fully saturated rings. The van der Waals surface area contributed by atoms with Gasteiger partial charge in [0.2, 0.25) is 5.78 Å². The lowest BCUT2D eigenvalue weighted by Crippen LogP contribution is -2.41. The third-order valence-corrected chi connectivity index (χ3v) is 7.30. The van der Waals surface area contributed by atoms with Crippen LogP contribution in [0.2, 0.25) is 0 Å². The number of alkyl halides is 3. The van der Waals surface area contributed by atoms with Gasteiger partial charge in [0.1, 0.15) is 5.69 Å². The average molecular weight is 556 g/mol. The molecule has 2 aliphatic carbocycles. The van der Waals surface area contributed by atoms with Gasteiger partial charge < -0.3 is 15.0 Å². The highest BCUT2D eigenvalue weighted by atomic mass is 79.9. The number of hydrogen-bond donors (Lipinski definition) is 2. The second-order valence-electron chi connectivity index (χ2n) is 7.77. The van der Waals surface area contributed by atoms with E-state index in [2.05, 4.69) is 21.2 Å². The Morgan fingerprint density at radius 1 is 1.35 bits per heavy atom. The van der Waals surface area contributed by atoms with Crippen molar-refractivity contribution >= 4 is 50.9 Å². The van der Waals surface area contributed by atoms with Crippen LogP contribution < -0.4 is 5.32 Å². The maximum absolute atomic E-state index is 13.4. The predicted molar refractivity (Wildman–Crippen MR) is 124 cm³/mol. The maximum atomic E-state index is 13.4. The van der Waals surface area contributed by atoms with Gasteiger partial charge in [-0.05, 0) is 58.6 Å². The molecular weight excluding hydrogens is 539 g/mol. The molecule has 0 bridgehead atoms. The minimum absolute atomic E-state index is 0.0276. The quantitative estimate of drug-likeness (QED) is 0.548. The third kappa shape index (κ3) is 3.68. The van der Waals surface area contributed by atoms with Gasteiger partial charge in [-0.1, -0.05) is 0 Å². The number of nitrogens with one attached hydrogen (secondary N) is 1. The van der Waals surface area contributed by atoms with Crippen LogP contribution >= 0.6 is 27.7 Å². The molecule has 0 aromatic carbocycles. The number of aromatic nitrogens is 1. The Morgan fingerprint density at radius 2 is 2.03 bits per heavy atom. The van der Waals surface area contributed by atoms with Gasteiger partial charge in [-0.2, -0.15) is 13.2 Å². The summed E-state index contributed by atoms with van der Waals surface area (Å²) >= 11 is 4.94. The van der Waals surface area contributed by atoms with Gasteiger partial charge in [-0.3, -0.25) is 14.6 Å². The van der Waals surface area contributed by atoms with Crippen molar-refractivity contribution in [1.29, 1.82) is 0 Å². The summed E-state index contributed by atoms with van der Waals surface area (Å²) in [5, 5.41) is 10.3. The van der Waals surface area contributed by atoms with Crippen LogP contribution in [0, 0.1) is 5.41 Å². The summed E-state index contributed by atoms with van der Waals surface area (Å²) in [4.78, 5) is 40.3. The number of carboxylic acid groups (broad SMARTS) is 1. The zero-order valence-electron chi connectivity index (χ0n) is 17.8. The predicted octanol–water partition coefficient (Wildman–Crippen LogP) is 3.67. The highest BCUT2D eigenvalue weighted by molar-refractivity contribution is 9.12. The number of aliphatic carboxylic acids is 1. The summed E-state index contributed by atoms with van der Waals surface area (Å²) in [6.45, 7) is 0.693. The van der Waals surface area contributed by atoms with Crippen molar-refractivity contribution in [2.45, 2.75) is 12.6 Å². The van der Waals surface area contributed by atoms with Crippen molar-refractivity contribution in [2.75, 3.05) is 12.8 Å². The van der Waals surface area contributed by atoms with Crippen molar-refractivity contribution < 1.29 is 32.7 Å². The zero-order chi connectivity index (χ0) is 25.0. The van der Waals surface area contributed by atoms with Gasteiger partial charge in [0, 0.05) is 35.8 Å². The number of aliphatic imine (C=N–C) groups is 1. The normalized spacial score (nSPS) is 22.7. The molecule has 178 valence electrons. The van der Waals surface area contributed by atoms with Crippen molar-refractivity contribution in [3.05, 3.63) is 68.1 Å². The second kappa shape index (κ2) is 8.42. The number of rotatable bonds is 1. The van der Waals surface area contributed by atoms with Crippen LogP contribution in [0.5, 0.6) is 0 Å². The third-order valence-electron chi connectivity index (χ3n) is 5.79. The molecule has 5 rings (SSSR count). The Balaban J connectivity index is 0.000000344. The Hall–Kier alpha value is -2.86. The van der Waals surface area contributed by atoms with E-state index in [0.29, 0.717) is 22.4 Å². The molecule has 4 aliphatic rings. The summed E-state index contributed by atoms with van der Waals surface area (Å²) < 4.78 is 34.1. The minimum atomic E-state index is -5.08. The Labute approximate surface area is 204 Å². The second-order valence-corrected chi connectivity index (χ2v) is 9.47. The van der Waals surface area contributed by atoms with Crippen molar-refractivity contribution in [2.24, 2.45) is 17.5 Å². The van der Waals surface area contributed by atoms with E-state index in [-0.39, 0.29) is 11.6 Å². The van der Waals surface area contributed by atoms with Gasteiger partial charge in [0.25, 0.3) is 0 Å². The Bertz CT molecular complexity index is 1300. The first-order valence-electron chi connectivity index (χ1n) is 9.88. The van der Waals surface area contributed by atoms with E-state index in [1.54, 1.807) is 12.3 Å². The van der Waals surface area contributed by atoms with E-state index >= 15 is 0 Å². The van der Waals surface area contributed by atoms with Crippen LogP contribution in [0.3, 0.4) is 0 Å². The van der Waals surface area contributed by atoms with Crippen molar-refractivity contribution in [3.8, 4) is 0 Å². The van der Waals surface area contributed by atoms with E-state index < -0.39 is 17.6 Å². The number of thioether (sulfide) groups is 1. The standard InChI is InChI=1S/C20H16BrN3O2S.C2HF3O2/c1-24-9-10-3-5-22-16-14(10)18(24)19(26)17-15(16)20(4-6-23-17)8-11(21)12(25)7-13(20)27-2;3-2(4,5)1(6)7/h4,6-9,23H,3,5H2,1-2H3;(H,6,7)/t20-;/m0./s1. The Kier molecular flexibility index (Phi) is 6.01. The number of Topliss-reactive ketones (excluding diaryl/α,β-unsaturated/α-hetero) is 1. The average Bonchev–Trinajstić information content (AvgIpc) is 3.11. The molecule has 0 unspecified atom stereocenters. The van der Waals surface area contributed by atoms with E-state index in [1.165, 1.54) is 11.8 Å². The summed E-state index contributed by atoms with van der Waals surface area (Å²) in [6.07, 6.45) is 7.12. The van der Waals surface area contributed by atoms with E-state index in [0.717, 1.165) is 33.7 Å². The molecule has 2 N–H and O–H groups in total. The number of nitrogens with zero attached hydrogens (tertiary/aromatic N) is 2. The van der Waals surface area contributed by atoms with Crippen LogP contribution in [0.25, 0.3) is 0 Å². The molecule has 1 aromatic heterocycles. The molecule has 1 spiro atoms. The molecule has 3 heterocycles. The molecule has 0 saturated carbocycles. The van der Waals surface area contributed by atoms with Gasteiger partial charge in [-0.15, -0.1) is 11.8 Å². The van der Waals surface area contributed by atoms with Crippen LogP contribution in [-0.2, 0) is 23.1 Å². The molecule has 7 nitrogen and oxygen atoms in total. The monoisotopic (exact) mass is 555 g/mol. The zero-order valence-corrected chi connectivity index (χ0v) is 20.2. The summed E-state index contributed by atoms with van der Waals surface area (Å²) in [6, 6.07) is 0. The fourth-order valence-corrected chi connectivity index (χ4v) is 5.69. The molecule has 0 saturated heterocycles. The van der Waals surface area contributed by atoms with E-state index in [1.807, 2.05) is 36.2 Å². The number of halogens is 4. The number of dihydropyridines is 1. The fraction of sp³-hybridized carbons (Fsp3) is 0.273. The van der Waals surface area contributed by atoms with Crippen molar-refractivity contribution in [1.82, 2.24) is 9.88 Å². The molecular formula is C22H17BrF3N3O4S. The van der Waals surface area contributed by atoms with Crippen LogP contribution in [0.15, 0.2) is 56.3 Å². The molecule has 12 heteroatoms. The largest absolute Gasteiger partial charge is 0.490 e. The van der Waals surface area contributed by atoms with Gasteiger partial charge in [0.05, 0.1) is 21.3 Å². The number of carboxylic acids is 1. The number of carbonyl (C=O) groups is 3. The van der Waals surface area contributed by atoms with Crippen LogP contribution in [0.4, 0.5) is 13.2 Å². The van der Waals surface area contributed by atoms with Gasteiger partial charge in [0.15, 0.2) is 5.78 Å². The SMILES string of the molecule is CSC1=CC(=O)C(Br)=C[C@@]12C=CNC1=C2C2=NCCc3cn(C)c(c32)C1=O.O=C(O)C(F)(F)F. The number of carbonyl (C=O) groups excluding carboxylic acids is 2. The number of hydrogen-bond acceptors (Lipinski definition) is 6. The number of fused-ring (bicyclic) bond motifs is 2. The van der Waals surface area contributed by atoms with Crippen molar-refractivity contribution in [3.63, 3.8) is 0 Å². The highest BCUT2D eigenvalue weighted by Gasteiger charge is 2.49. The number of allylic oxidation sites excluding steroid dienone is 7. The lowest BCUT2D eigenvalue weighted by Gasteiger charge is -2.41. The molecule has 2 aliphatic heterocycles. The summed E-state index contributed by atoms with van der Waals surface area (Å²) in [5.74, 6) is -2.85. The van der Waals surface area contributed by atoms with Gasteiger partial charge in [-0.25, -0.2) is 4.79 Å². The summed E-state index contributed by atoms with van der Waals surface area (Å²) in [7, 11) is 1.91. The first kappa shape index (κ1) is 24.3. The number of ketones is 2. The number of aryl methyl sites for hydroxylation is 1. The molecule has 0 radical (unpaired) electrons.